The predicted molar refractivity (Wildman–Crippen MR) is 61.7 cm³/mol. The smallest absolute Gasteiger partial charge is 0.0450 e. The largest absolute Gasteiger partial charge is 0.261 e. The van der Waals surface area contributed by atoms with Crippen molar-refractivity contribution in [3.63, 3.8) is 0 Å². The third kappa shape index (κ3) is 2.12. The van der Waals surface area contributed by atoms with Crippen molar-refractivity contribution < 1.29 is 0 Å². The molecule has 0 fully saturated rings. The summed E-state index contributed by atoms with van der Waals surface area (Å²) in [5, 5.41) is 0. The number of benzene rings is 1. The zero-order chi connectivity index (χ0) is 9.10. The van der Waals surface area contributed by atoms with Gasteiger partial charge in [-0.2, -0.15) is 0 Å². The molecule has 2 rings (SSSR count). The second kappa shape index (κ2) is 4.77. The van der Waals surface area contributed by atoms with Crippen LogP contribution in [0.5, 0.6) is 0 Å². The van der Waals surface area contributed by atoms with Crippen molar-refractivity contribution in [1.82, 2.24) is 4.98 Å². The van der Waals surface area contributed by atoms with Crippen molar-refractivity contribution in [3.05, 3.63) is 54.4 Å². The fourth-order valence-corrected chi connectivity index (χ4v) is 1.41. The molecule has 0 N–H and O–H groups in total. The van der Waals surface area contributed by atoms with Crippen LogP contribution in [0.1, 0.15) is 5.69 Å². The van der Waals surface area contributed by atoms with Crippen LogP contribution >= 0.6 is 12.4 Å². The lowest BCUT2D eigenvalue weighted by Crippen LogP contribution is -1.85. The van der Waals surface area contributed by atoms with Gasteiger partial charge in [0.05, 0.1) is 0 Å². The summed E-state index contributed by atoms with van der Waals surface area (Å²) in [5.41, 5.74) is 3.52. The molecule has 2 aromatic rings. The molecule has 14 heavy (non-hydrogen) atoms. The summed E-state index contributed by atoms with van der Waals surface area (Å²) in [4.78, 5) is 4.26. The Labute approximate surface area is 90.2 Å². The molecular weight excluding hydrogens is 194 g/mol. The molecule has 0 saturated heterocycles. The fraction of sp³-hybridized carbons (Fsp3) is 0.0833. The Morgan fingerprint density at radius 3 is 2.29 bits per heavy atom. The molecule has 0 aliphatic carbocycles. The molecule has 2 heteroatoms. The van der Waals surface area contributed by atoms with Gasteiger partial charge in [0.1, 0.15) is 0 Å². The SMILES string of the molecule is Cc1ncccc1-c1ccccc1.Cl. The van der Waals surface area contributed by atoms with E-state index in [1.54, 1.807) is 0 Å². The Bertz CT molecular complexity index is 398. The molecule has 0 atom stereocenters. The second-order valence-electron chi connectivity index (χ2n) is 3.00. The Hall–Kier alpha value is -1.34. The van der Waals surface area contributed by atoms with Crippen LogP contribution in [0.3, 0.4) is 0 Å². The molecule has 0 saturated carbocycles. The molecule has 0 unspecified atom stereocenters. The highest BCUT2D eigenvalue weighted by Gasteiger charge is 1.99. The van der Waals surface area contributed by atoms with Crippen molar-refractivity contribution >= 4 is 12.4 Å². The summed E-state index contributed by atoms with van der Waals surface area (Å²) in [6, 6.07) is 14.4. The number of hydrogen-bond donors (Lipinski definition) is 0. The van der Waals surface area contributed by atoms with Gasteiger partial charge in [0, 0.05) is 17.5 Å². The van der Waals surface area contributed by atoms with Crippen molar-refractivity contribution in [2.45, 2.75) is 6.92 Å². The minimum atomic E-state index is 0. The normalized spacial score (nSPS) is 9.21. The van der Waals surface area contributed by atoms with Crippen LogP contribution in [0.2, 0.25) is 0 Å². The van der Waals surface area contributed by atoms with Gasteiger partial charge in [-0.15, -0.1) is 12.4 Å². The highest BCUT2D eigenvalue weighted by Crippen LogP contribution is 2.20. The third-order valence-corrected chi connectivity index (χ3v) is 2.09. The van der Waals surface area contributed by atoms with E-state index in [4.69, 9.17) is 0 Å². The first-order valence-electron chi connectivity index (χ1n) is 4.35. The summed E-state index contributed by atoms with van der Waals surface area (Å²) in [6.45, 7) is 2.03. The van der Waals surface area contributed by atoms with Gasteiger partial charge in [0.15, 0.2) is 0 Å². The average molecular weight is 206 g/mol. The molecule has 1 nitrogen and oxygen atoms in total. The highest BCUT2D eigenvalue weighted by atomic mass is 35.5. The first-order chi connectivity index (χ1) is 6.38. The standard InChI is InChI=1S/C12H11N.ClH/c1-10-12(8-5-9-13-10)11-6-3-2-4-7-11;/h2-9H,1H3;1H. The van der Waals surface area contributed by atoms with Crippen LogP contribution in [-0.4, -0.2) is 4.98 Å². The number of hydrogen-bond acceptors (Lipinski definition) is 1. The minimum absolute atomic E-state index is 0. The van der Waals surface area contributed by atoms with Gasteiger partial charge in [0.2, 0.25) is 0 Å². The van der Waals surface area contributed by atoms with E-state index in [1.807, 2.05) is 37.4 Å². The molecule has 1 aromatic carbocycles. The topological polar surface area (TPSA) is 12.9 Å². The van der Waals surface area contributed by atoms with Gasteiger partial charge in [-0.3, -0.25) is 4.98 Å². The Morgan fingerprint density at radius 2 is 1.64 bits per heavy atom. The fourth-order valence-electron chi connectivity index (χ4n) is 1.41. The molecular formula is C12H12ClN. The predicted octanol–water partition coefficient (Wildman–Crippen LogP) is 3.48. The van der Waals surface area contributed by atoms with Crippen LogP contribution in [0, 0.1) is 6.92 Å². The van der Waals surface area contributed by atoms with Crippen LogP contribution in [0.15, 0.2) is 48.7 Å². The number of aromatic nitrogens is 1. The van der Waals surface area contributed by atoms with Crippen LogP contribution in [0.4, 0.5) is 0 Å². The molecule has 0 aliphatic heterocycles. The van der Waals surface area contributed by atoms with E-state index in [0.717, 1.165) is 5.69 Å². The lowest BCUT2D eigenvalue weighted by atomic mass is 10.1. The van der Waals surface area contributed by atoms with Crippen molar-refractivity contribution in [1.29, 1.82) is 0 Å². The second-order valence-corrected chi connectivity index (χ2v) is 3.00. The van der Waals surface area contributed by atoms with Gasteiger partial charge in [-0.25, -0.2) is 0 Å². The van der Waals surface area contributed by atoms with Gasteiger partial charge >= 0.3 is 0 Å². The van der Waals surface area contributed by atoms with Crippen LogP contribution in [-0.2, 0) is 0 Å². The summed E-state index contributed by atoms with van der Waals surface area (Å²) < 4.78 is 0. The Kier molecular flexibility index (Phi) is 3.66. The van der Waals surface area contributed by atoms with E-state index in [0.29, 0.717) is 0 Å². The van der Waals surface area contributed by atoms with Gasteiger partial charge in [0.25, 0.3) is 0 Å². The molecule has 0 aliphatic rings. The van der Waals surface area contributed by atoms with Gasteiger partial charge in [-0.05, 0) is 18.6 Å². The van der Waals surface area contributed by atoms with E-state index < -0.39 is 0 Å². The number of nitrogens with zero attached hydrogens (tertiary/aromatic N) is 1. The van der Waals surface area contributed by atoms with E-state index in [2.05, 4.69) is 23.2 Å². The maximum absolute atomic E-state index is 4.26. The quantitative estimate of drug-likeness (QED) is 0.695. The molecule has 0 spiro atoms. The average Bonchev–Trinajstić information content (AvgIpc) is 2.20. The molecule has 0 bridgehead atoms. The molecule has 0 radical (unpaired) electrons. The Balaban J connectivity index is 0.000000980. The summed E-state index contributed by atoms with van der Waals surface area (Å²) in [7, 11) is 0. The first kappa shape index (κ1) is 10.7. The van der Waals surface area contributed by atoms with Crippen molar-refractivity contribution in [2.24, 2.45) is 0 Å². The first-order valence-corrected chi connectivity index (χ1v) is 4.35. The lowest BCUT2D eigenvalue weighted by Gasteiger charge is -2.03. The van der Waals surface area contributed by atoms with E-state index in [1.165, 1.54) is 11.1 Å². The van der Waals surface area contributed by atoms with E-state index in [-0.39, 0.29) is 12.4 Å². The summed E-state index contributed by atoms with van der Waals surface area (Å²) >= 11 is 0. The maximum Gasteiger partial charge on any atom is 0.0450 e. The summed E-state index contributed by atoms with van der Waals surface area (Å²) in [5.74, 6) is 0. The molecule has 1 heterocycles. The zero-order valence-electron chi connectivity index (χ0n) is 7.97. The van der Waals surface area contributed by atoms with Gasteiger partial charge in [-0.1, -0.05) is 36.4 Å². The minimum Gasteiger partial charge on any atom is -0.261 e. The lowest BCUT2D eigenvalue weighted by molar-refractivity contribution is 1.20. The monoisotopic (exact) mass is 205 g/mol. The van der Waals surface area contributed by atoms with Gasteiger partial charge < -0.3 is 0 Å². The number of pyridine rings is 1. The molecule has 72 valence electrons. The summed E-state index contributed by atoms with van der Waals surface area (Å²) in [6.07, 6.45) is 1.82. The van der Waals surface area contributed by atoms with E-state index in [9.17, 15) is 0 Å². The van der Waals surface area contributed by atoms with Crippen LogP contribution in [0.25, 0.3) is 11.1 Å². The zero-order valence-corrected chi connectivity index (χ0v) is 8.79. The maximum atomic E-state index is 4.26. The Morgan fingerprint density at radius 1 is 0.929 bits per heavy atom. The number of aryl methyl sites for hydroxylation is 1. The molecule has 1 aromatic heterocycles. The number of halogens is 1. The van der Waals surface area contributed by atoms with Crippen LogP contribution < -0.4 is 0 Å². The highest BCUT2D eigenvalue weighted by molar-refractivity contribution is 5.85. The number of rotatable bonds is 1. The molecule has 0 amide bonds. The van der Waals surface area contributed by atoms with Crippen molar-refractivity contribution in [3.8, 4) is 11.1 Å². The van der Waals surface area contributed by atoms with Crippen molar-refractivity contribution in [2.75, 3.05) is 0 Å². The third-order valence-electron chi connectivity index (χ3n) is 2.09. The van der Waals surface area contributed by atoms with E-state index >= 15 is 0 Å².